The first kappa shape index (κ1) is 24.7. The summed E-state index contributed by atoms with van der Waals surface area (Å²) in [6.45, 7) is 11.0. The van der Waals surface area contributed by atoms with E-state index in [1.807, 2.05) is 25.5 Å². The smallest absolute Gasteiger partial charge is 0.324 e. The van der Waals surface area contributed by atoms with Crippen molar-refractivity contribution in [3.63, 3.8) is 0 Å². The number of nitrogens with one attached hydrogen (secondary N) is 2. The molecular formula is C25H30N8O4. The van der Waals surface area contributed by atoms with E-state index in [1.54, 1.807) is 36.5 Å². The van der Waals surface area contributed by atoms with Crippen LogP contribution in [0.3, 0.4) is 0 Å². The first-order valence-corrected chi connectivity index (χ1v) is 12.1. The van der Waals surface area contributed by atoms with Crippen molar-refractivity contribution in [3.8, 4) is 11.6 Å². The number of urea groups is 1. The monoisotopic (exact) mass is 506 g/mol. The Morgan fingerprint density at radius 1 is 1.08 bits per heavy atom. The zero-order valence-electron chi connectivity index (χ0n) is 21.1. The van der Waals surface area contributed by atoms with Gasteiger partial charge in [0.2, 0.25) is 5.88 Å². The summed E-state index contributed by atoms with van der Waals surface area (Å²) < 4.78 is 18.6. The summed E-state index contributed by atoms with van der Waals surface area (Å²) >= 11 is 0. The van der Waals surface area contributed by atoms with Crippen LogP contribution in [0.25, 0.3) is 11.0 Å². The molecular weight excluding hydrogens is 476 g/mol. The predicted molar refractivity (Wildman–Crippen MR) is 137 cm³/mol. The average Bonchev–Trinajstić information content (AvgIpc) is 3.52. The van der Waals surface area contributed by atoms with Gasteiger partial charge in [0.05, 0.1) is 26.0 Å². The van der Waals surface area contributed by atoms with Crippen LogP contribution < -0.4 is 15.4 Å². The van der Waals surface area contributed by atoms with Crippen LogP contribution in [0.15, 0.2) is 47.4 Å². The van der Waals surface area contributed by atoms with Gasteiger partial charge in [0.15, 0.2) is 11.5 Å². The molecule has 0 spiro atoms. The van der Waals surface area contributed by atoms with Crippen molar-refractivity contribution in [2.24, 2.45) is 0 Å². The highest BCUT2D eigenvalue weighted by Gasteiger charge is 2.20. The van der Waals surface area contributed by atoms with Crippen LogP contribution >= 0.6 is 0 Å². The molecule has 194 valence electrons. The lowest BCUT2D eigenvalue weighted by Crippen LogP contribution is -2.38. The number of aromatic nitrogens is 5. The van der Waals surface area contributed by atoms with Crippen molar-refractivity contribution in [2.75, 3.05) is 43.5 Å². The number of morpholine rings is 1. The van der Waals surface area contributed by atoms with Gasteiger partial charge in [-0.25, -0.2) is 19.4 Å². The highest BCUT2D eigenvalue weighted by Crippen LogP contribution is 2.28. The Morgan fingerprint density at radius 2 is 1.86 bits per heavy atom. The van der Waals surface area contributed by atoms with Crippen LogP contribution in [0.1, 0.15) is 26.5 Å². The number of hydrogen-bond acceptors (Lipinski definition) is 9. The molecule has 1 aromatic carbocycles. The zero-order chi connectivity index (χ0) is 25.8. The van der Waals surface area contributed by atoms with Crippen LogP contribution in [-0.2, 0) is 16.7 Å². The molecule has 12 heteroatoms. The Labute approximate surface area is 213 Å². The van der Waals surface area contributed by atoms with E-state index in [0.29, 0.717) is 35.4 Å². The molecule has 0 aliphatic carbocycles. The minimum absolute atomic E-state index is 0.198. The molecule has 5 rings (SSSR count). The summed E-state index contributed by atoms with van der Waals surface area (Å²) in [4.78, 5) is 23.4. The Hall–Kier alpha value is -4.03. The fraction of sp³-hybridized carbons (Fsp3) is 0.400. The maximum absolute atomic E-state index is 12.3. The number of rotatable bonds is 7. The van der Waals surface area contributed by atoms with Crippen molar-refractivity contribution in [2.45, 2.75) is 32.7 Å². The van der Waals surface area contributed by atoms with E-state index < -0.39 is 6.03 Å². The molecule has 2 N–H and O–H groups in total. The number of carbonyl (C=O) groups is 1. The zero-order valence-corrected chi connectivity index (χ0v) is 21.1. The minimum Gasteiger partial charge on any atom is -0.438 e. The van der Waals surface area contributed by atoms with E-state index in [-0.39, 0.29) is 5.41 Å². The first-order valence-electron chi connectivity index (χ1n) is 12.1. The quantitative estimate of drug-likeness (QED) is 0.383. The van der Waals surface area contributed by atoms with Crippen LogP contribution in [-0.4, -0.2) is 68.7 Å². The number of carbonyl (C=O) groups excluding carboxylic acids is 1. The number of anilines is 2. The summed E-state index contributed by atoms with van der Waals surface area (Å²) in [6.07, 6.45) is 3.19. The number of ether oxygens (including phenoxy) is 2. The second kappa shape index (κ2) is 10.5. The van der Waals surface area contributed by atoms with Gasteiger partial charge in [0, 0.05) is 36.8 Å². The van der Waals surface area contributed by atoms with E-state index in [9.17, 15) is 4.79 Å². The van der Waals surface area contributed by atoms with Gasteiger partial charge in [0.1, 0.15) is 23.2 Å². The molecule has 2 amide bonds. The number of amides is 2. The molecule has 3 aromatic heterocycles. The van der Waals surface area contributed by atoms with Crippen molar-refractivity contribution >= 4 is 28.6 Å². The van der Waals surface area contributed by atoms with Crippen molar-refractivity contribution in [3.05, 3.63) is 48.6 Å². The van der Waals surface area contributed by atoms with E-state index in [1.165, 1.54) is 6.33 Å². The standard InChI is InChI=1S/C25H30N8O4/c1-25(2,3)20-14-21(31-37-20)30-24(34)29-17-4-6-18(7-5-17)36-23-19-15-28-33(22(19)26-16-27-23)9-8-32-10-12-35-13-11-32/h4-7,14-16H,8-13H2,1-3H3,(H2,29,30,31,34). The molecule has 0 bridgehead atoms. The van der Waals surface area contributed by atoms with Gasteiger partial charge in [-0.2, -0.15) is 5.10 Å². The number of hydrogen-bond donors (Lipinski definition) is 2. The summed E-state index contributed by atoms with van der Waals surface area (Å²) in [5.41, 5.74) is 1.11. The lowest BCUT2D eigenvalue weighted by atomic mass is 9.93. The van der Waals surface area contributed by atoms with Crippen LogP contribution in [0.2, 0.25) is 0 Å². The maximum Gasteiger partial charge on any atom is 0.324 e. The predicted octanol–water partition coefficient (Wildman–Crippen LogP) is 3.88. The third-order valence-corrected chi connectivity index (χ3v) is 5.95. The van der Waals surface area contributed by atoms with Gasteiger partial charge in [0.25, 0.3) is 0 Å². The first-order chi connectivity index (χ1) is 17.8. The van der Waals surface area contributed by atoms with Crippen LogP contribution in [0.4, 0.5) is 16.3 Å². The third-order valence-electron chi connectivity index (χ3n) is 5.95. The van der Waals surface area contributed by atoms with Gasteiger partial charge < -0.3 is 19.3 Å². The molecule has 0 saturated carbocycles. The second-order valence-corrected chi connectivity index (χ2v) is 9.77. The van der Waals surface area contributed by atoms with Crippen molar-refractivity contribution < 1.29 is 18.8 Å². The highest BCUT2D eigenvalue weighted by molar-refractivity contribution is 5.99. The summed E-state index contributed by atoms with van der Waals surface area (Å²) in [6, 6.07) is 8.26. The average molecular weight is 507 g/mol. The summed E-state index contributed by atoms with van der Waals surface area (Å²) in [5.74, 6) is 2.02. The second-order valence-electron chi connectivity index (χ2n) is 9.77. The molecule has 4 aromatic rings. The highest BCUT2D eigenvalue weighted by atomic mass is 16.5. The van der Waals surface area contributed by atoms with Gasteiger partial charge in [-0.3, -0.25) is 10.2 Å². The molecule has 0 unspecified atom stereocenters. The van der Waals surface area contributed by atoms with Gasteiger partial charge in [-0.05, 0) is 24.3 Å². The molecule has 37 heavy (non-hydrogen) atoms. The molecule has 0 atom stereocenters. The fourth-order valence-corrected chi connectivity index (χ4v) is 3.86. The van der Waals surface area contributed by atoms with Crippen molar-refractivity contribution in [1.29, 1.82) is 0 Å². The van der Waals surface area contributed by atoms with Crippen LogP contribution in [0.5, 0.6) is 11.6 Å². The topological polar surface area (TPSA) is 132 Å². The van der Waals surface area contributed by atoms with E-state index in [0.717, 1.165) is 43.9 Å². The molecule has 1 aliphatic heterocycles. The number of nitrogens with zero attached hydrogens (tertiary/aromatic N) is 6. The lowest BCUT2D eigenvalue weighted by molar-refractivity contribution is 0.0361. The van der Waals surface area contributed by atoms with Gasteiger partial charge >= 0.3 is 6.03 Å². The molecule has 1 saturated heterocycles. The Bertz CT molecular complexity index is 1350. The van der Waals surface area contributed by atoms with Crippen molar-refractivity contribution in [1.82, 2.24) is 29.8 Å². The van der Waals surface area contributed by atoms with Gasteiger partial charge in [-0.1, -0.05) is 25.9 Å². The number of fused-ring (bicyclic) bond motifs is 1. The number of benzene rings is 1. The molecule has 0 radical (unpaired) electrons. The SMILES string of the molecule is CC(C)(C)c1cc(NC(=O)Nc2ccc(Oc3ncnc4c3cnn4CCN3CCOCC3)cc2)no1. The Kier molecular flexibility index (Phi) is 7.01. The maximum atomic E-state index is 12.3. The van der Waals surface area contributed by atoms with E-state index in [4.69, 9.17) is 14.0 Å². The Balaban J connectivity index is 1.19. The van der Waals surface area contributed by atoms with Crippen LogP contribution in [0, 0.1) is 0 Å². The summed E-state index contributed by atoms with van der Waals surface area (Å²) in [5, 5.41) is 14.5. The fourth-order valence-electron chi connectivity index (χ4n) is 3.86. The molecule has 1 aliphatic rings. The molecule has 1 fully saturated rings. The van der Waals surface area contributed by atoms with E-state index in [2.05, 4.69) is 35.8 Å². The molecule has 4 heterocycles. The Morgan fingerprint density at radius 3 is 2.59 bits per heavy atom. The largest absolute Gasteiger partial charge is 0.438 e. The third kappa shape index (κ3) is 6.04. The van der Waals surface area contributed by atoms with E-state index >= 15 is 0 Å². The normalized spacial score (nSPS) is 14.6. The summed E-state index contributed by atoms with van der Waals surface area (Å²) in [7, 11) is 0. The van der Waals surface area contributed by atoms with Gasteiger partial charge in [-0.15, -0.1) is 0 Å². The molecule has 12 nitrogen and oxygen atoms in total. The lowest BCUT2D eigenvalue weighted by Gasteiger charge is -2.26. The minimum atomic E-state index is -0.426.